The highest BCUT2D eigenvalue weighted by atomic mass is 32.2. The lowest BCUT2D eigenvalue weighted by Gasteiger charge is -2.12. The van der Waals surface area contributed by atoms with Gasteiger partial charge in [-0.3, -0.25) is 4.79 Å². The summed E-state index contributed by atoms with van der Waals surface area (Å²) in [6.07, 6.45) is 7.43. The van der Waals surface area contributed by atoms with Crippen LogP contribution in [0.5, 0.6) is 0 Å². The lowest BCUT2D eigenvalue weighted by atomic mass is 9.97. The average Bonchev–Trinajstić information content (AvgIpc) is 3.52. The Labute approximate surface area is 195 Å². The van der Waals surface area contributed by atoms with E-state index in [1.54, 1.807) is 34.8 Å². The third-order valence-corrected chi connectivity index (χ3v) is 7.05. The van der Waals surface area contributed by atoms with Crippen molar-refractivity contribution in [2.75, 3.05) is 0 Å². The van der Waals surface area contributed by atoms with Gasteiger partial charge >= 0.3 is 5.97 Å². The minimum absolute atomic E-state index is 0.0774. The molecular weight excluding hydrogens is 437 g/mol. The highest BCUT2D eigenvalue weighted by Gasteiger charge is 2.32. The van der Waals surface area contributed by atoms with Crippen LogP contribution >= 0.6 is 11.8 Å². The van der Waals surface area contributed by atoms with Gasteiger partial charge in [-0.25, -0.2) is 9.07 Å². The fourth-order valence-electron chi connectivity index (χ4n) is 4.70. The molecule has 1 atom stereocenters. The molecule has 0 saturated carbocycles. The van der Waals surface area contributed by atoms with Gasteiger partial charge in [0, 0.05) is 40.8 Å². The molecular formula is C26H24FN3O2S. The van der Waals surface area contributed by atoms with E-state index in [2.05, 4.69) is 28.1 Å². The first-order valence-corrected chi connectivity index (χ1v) is 11.9. The molecule has 1 unspecified atom stereocenters. The van der Waals surface area contributed by atoms with Crippen molar-refractivity contribution in [1.82, 2.24) is 14.3 Å². The molecule has 2 aromatic heterocycles. The van der Waals surface area contributed by atoms with Crippen molar-refractivity contribution in [2.45, 2.75) is 43.5 Å². The topological polar surface area (TPSA) is 60.0 Å². The number of aliphatic carboxylic acids is 1. The number of carboxylic acids is 1. The molecule has 1 N–H and O–H groups in total. The molecule has 5 nitrogen and oxygen atoms in total. The van der Waals surface area contributed by atoms with Gasteiger partial charge in [0.2, 0.25) is 0 Å². The first kappa shape index (κ1) is 21.5. The van der Waals surface area contributed by atoms with Crippen molar-refractivity contribution in [3.05, 3.63) is 77.9 Å². The number of carbonyl (C=O) groups is 1. The van der Waals surface area contributed by atoms with Gasteiger partial charge in [-0.2, -0.15) is 5.10 Å². The summed E-state index contributed by atoms with van der Waals surface area (Å²) in [5, 5.41) is 16.8. The standard InChI is InChI=1S/C26H24FN3O2S/c1-2-3-12-33-26-24-21(17-6-4-7-20(13-17)30-10-5-9-28-30)15-19(27)16-22(24)29-11-8-18(25(26)29)14-23(31)32/h3-7,9-10,12-13,15-16,18H,2,8,11,14H2,1H3,(H,31,32)/b12-3+. The Kier molecular flexibility index (Phi) is 5.81. The summed E-state index contributed by atoms with van der Waals surface area (Å²) in [4.78, 5) is 12.6. The van der Waals surface area contributed by atoms with Gasteiger partial charge in [-0.1, -0.05) is 36.9 Å². The minimum Gasteiger partial charge on any atom is -0.481 e. The van der Waals surface area contributed by atoms with Crippen LogP contribution in [0.4, 0.5) is 4.39 Å². The predicted molar refractivity (Wildman–Crippen MR) is 129 cm³/mol. The summed E-state index contributed by atoms with van der Waals surface area (Å²) in [5.41, 5.74) is 4.43. The zero-order valence-corrected chi connectivity index (χ0v) is 19.1. The number of benzene rings is 2. The van der Waals surface area contributed by atoms with Crippen molar-refractivity contribution in [3.63, 3.8) is 0 Å². The van der Waals surface area contributed by atoms with Crippen molar-refractivity contribution in [3.8, 4) is 16.8 Å². The molecule has 0 saturated heterocycles. The molecule has 0 bridgehead atoms. The maximum atomic E-state index is 14.9. The summed E-state index contributed by atoms with van der Waals surface area (Å²) >= 11 is 1.60. The number of aryl methyl sites for hydroxylation is 1. The van der Waals surface area contributed by atoms with E-state index in [4.69, 9.17) is 0 Å². The number of fused-ring (bicyclic) bond motifs is 3. The normalized spacial score (nSPS) is 15.5. The second kappa shape index (κ2) is 8.90. The summed E-state index contributed by atoms with van der Waals surface area (Å²) < 4.78 is 18.8. The number of hydrogen-bond donors (Lipinski definition) is 1. The maximum absolute atomic E-state index is 14.9. The fraction of sp³-hybridized carbons (Fsp3) is 0.231. The molecule has 1 aliphatic heterocycles. The smallest absolute Gasteiger partial charge is 0.304 e. The van der Waals surface area contributed by atoms with E-state index in [-0.39, 0.29) is 18.2 Å². The third-order valence-electron chi connectivity index (χ3n) is 6.08. The molecule has 0 spiro atoms. The zero-order chi connectivity index (χ0) is 22.9. The lowest BCUT2D eigenvalue weighted by Crippen LogP contribution is -2.04. The van der Waals surface area contributed by atoms with E-state index in [0.29, 0.717) is 6.54 Å². The first-order valence-electron chi connectivity index (χ1n) is 11.1. The van der Waals surface area contributed by atoms with E-state index in [1.165, 1.54) is 0 Å². The Morgan fingerprint density at radius 1 is 1.30 bits per heavy atom. The Bertz CT molecular complexity index is 1360. The molecule has 4 aromatic rings. The third kappa shape index (κ3) is 3.97. The number of thioether (sulfide) groups is 1. The molecule has 5 rings (SSSR count). The van der Waals surface area contributed by atoms with Gasteiger partial charge in [0.05, 0.1) is 17.6 Å². The average molecular weight is 462 g/mol. The van der Waals surface area contributed by atoms with Gasteiger partial charge in [-0.05, 0) is 59.7 Å². The Balaban J connectivity index is 1.75. The van der Waals surface area contributed by atoms with E-state index in [9.17, 15) is 14.3 Å². The van der Waals surface area contributed by atoms with E-state index < -0.39 is 5.97 Å². The van der Waals surface area contributed by atoms with Crippen LogP contribution in [0, 0.1) is 5.82 Å². The number of aromatic nitrogens is 3. The van der Waals surface area contributed by atoms with Crippen LogP contribution in [0.15, 0.2) is 71.2 Å². The lowest BCUT2D eigenvalue weighted by molar-refractivity contribution is -0.137. The number of carboxylic acid groups (broad SMARTS) is 1. The van der Waals surface area contributed by atoms with Crippen molar-refractivity contribution in [2.24, 2.45) is 0 Å². The van der Waals surface area contributed by atoms with Gasteiger partial charge in [0.15, 0.2) is 0 Å². The molecule has 0 fully saturated rings. The SMILES string of the molecule is CC/C=C/Sc1c2n(c3cc(F)cc(-c4cccc(-n5cccn5)c4)c13)CCC2CC(=O)O. The number of hydrogen-bond acceptors (Lipinski definition) is 3. The van der Waals surface area contributed by atoms with Gasteiger partial charge in [0.1, 0.15) is 5.82 Å². The number of nitrogens with zero attached hydrogens (tertiary/aromatic N) is 3. The van der Waals surface area contributed by atoms with E-state index >= 15 is 0 Å². The maximum Gasteiger partial charge on any atom is 0.304 e. The van der Waals surface area contributed by atoms with Crippen LogP contribution in [0.2, 0.25) is 0 Å². The molecule has 0 aliphatic carbocycles. The number of halogens is 1. The molecule has 33 heavy (non-hydrogen) atoms. The molecule has 2 aromatic carbocycles. The predicted octanol–water partition coefficient (Wildman–Crippen LogP) is 6.61. The fourth-order valence-corrected chi connectivity index (χ4v) is 5.85. The Morgan fingerprint density at radius 2 is 2.18 bits per heavy atom. The van der Waals surface area contributed by atoms with Gasteiger partial charge < -0.3 is 9.67 Å². The Hall–Kier alpha value is -3.32. The molecule has 0 amide bonds. The number of allylic oxidation sites excluding steroid dienone is 1. The molecule has 3 heterocycles. The summed E-state index contributed by atoms with van der Waals surface area (Å²) in [6, 6.07) is 12.9. The molecule has 0 radical (unpaired) electrons. The monoisotopic (exact) mass is 461 g/mol. The summed E-state index contributed by atoms with van der Waals surface area (Å²) in [7, 11) is 0. The van der Waals surface area contributed by atoms with Crippen LogP contribution in [0.25, 0.3) is 27.7 Å². The highest BCUT2D eigenvalue weighted by molar-refractivity contribution is 8.02. The van der Waals surface area contributed by atoms with E-state index in [1.807, 2.05) is 36.5 Å². The molecule has 168 valence electrons. The highest BCUT2D eigenvalue weighted by Crippen LogP contribution is 2.48. The minimum atomic E-state index is -0.808. The van der Waals surface area contributed by atoms with Crippen LogP contribution in [-0.2, 0) is 11.3 Å². The van der Waals surface area contributed by atoms with Gasteiger partial charge in [-0.15, -0.1) is 0 Å². The van der Waals surface area contributed by atoms with Crippen molar-refractivity contribution in [1.29, 1.82) is 0 Å². The van der Waals surface area contributed by atoms with Gasteiger partial charge in [0.25, 0.3) is 0 Å². The molecule has 7 heteroatoms. The van der Waals surface area contributed by atoms with Crippen LogP contribution < -0.4 is 0 Å². The van der Waals surface area contributed by atoms with Crippen LogP contribution in [0.1, 0.15) is 37.8 Å². The second-order valence-electron chi connectivity index (χ2n) is 8.20. The second-order valence-corrected chi connectivity index (χ2v) is 9.11. The van der Waals surface area contributed by atoms with Crippen molar-refractivity contribution >= 4 is 28.6 Å². The number of rotatable bonds is 7. The summed E-state index contributed by atoms with van der Waals surface area (Å²) in [6.45, 7) is 2.77. The quantitative estimate of drug-likeness (QED) is 0.315. The largest absolute Gasteiger partial charge is 0.481 e. The zero-order valence-electron chi connectivity index (χ0n) is 18.2. The Morgan fingerprint density at radius 3 is 2.94 bits per heavy atom. The first-order chi connectivity index (χ1) is 16.1. The van der Waals surface area contributed by atoms with Crippen LogP contribution in [-0.4, -0.2) is 25.4 Å². The van der Waals surface area contributed by atoms with Crippen molar-refractivity contribution < 1.29 is 14.3 Å². The van der Waals surface area contributed by atoms with Crippen LogP contribution in [0.3, 0.4) is 0 Å². The summed E-state index contributed by atoms with van der Waals surface area (Å²) in [5.74, 6) is -1.19. The molecule has 1 aliphatic rings. The van der Waals surface area contributed by atoms with E-state index in [0.717, 1.165) is 51.1 Å².